The number of ether oxygens (including phenoxy) is 1. The third-order valence-corrected chi connectivity index (χ3v) is 4.99. The van der Waals surface area contributed by atoms with Crippen LogP contribution in [-0.2, 0) is 12.8 Å². The summed E-state index contributed by atoms with van der Waals surface area (Å²) in [6.45, 7) is 0. The van der Waals surface area contributed by atoms with Crippen LogP contribution in [0.5, 0.6) is 5.75 Å². The van der Waals surface area contributed by atoms with Crippen molar-refractivity contribution in [3.63, 3.8) is 0 Å². The van der Waals surface area contributed by atoms with Crippen molar-refractivity contribution >= 4 is 17.5 Å². The van der Waals surface area contributed by atoms with E-state index in [-0.39, 0.29) is 11.7 Å². The normalized spacial score (nSPS) is 13.2. The molecule has 2 aromatic heterocycles. The molecule has 0 atom stereocenters. The van der Waals surface area contributed by atoms with Crippen molar-refractivity contribution in [2.75, 3.05) is 19.5 Å². The van der Waals surface area contributed by atoms with Gasteiger partial charge in [-0.1, -0.05) is 0 Å². The Bertz CT molecular complexity index is 1050. The van der Waals surface area contributed by atoms with E-state index >= 15 is 0 Å². The Hall–Kier alpha value is -3.49. The Morgan fingerprint density at radius 3 is 2.67 bits per heavy atom. The van der Waals surface area contributed by atoms with Gasteiger partial charge in [0.2, 0.25) is 5.95 Å². The summed E-state index contributed by atoms with van der Waals surface area (Å²) in [6.07, 6.45) is 10.4. The molecule has 8 nitrogen and oxygen atoms in total. The fourth-order valence-corrected chi connectivity index (χ4v) is 3.16. The van der Waals surface area contributed by atoms with Crippen LogP contribution >= 0.6 is 0 Å². The average molecular weight is 410 g/mol. The number of benzene rings is 1. The van der Waals surface area contributed by atoms with Gasteiger partial charge in [0.1, 0.15) is 0 Å². The summed E-state index contributed by atoms with van der Waals surface area (Å²) in [5.41, 5.74) is 2.46. The maximum Gasteiger partial charge on any atom is 0.251 e. The number of carbonyl (C=O) groups is 1. The molecule has 2 N–H and O–H groups in total. The molecule has 4 rings (SSSR count). The first-order valence-electron chi connectivity index (χ1n) is 9.78. The van der Waals surface area contributed by atoms with Crippen LogP contribution in [0.4, 0.5) is 16.0 Å². The van der Waals surface area contributed by atoms with E-state index in [1.165, 1.54) is 33.1 Å². The Morgan fingerprint density at radius 1 is 1.23 bits per heavy atom. The minimum atomic E-state index is -0.461. The fourth-order valence-electron chi connectivity index (χ4n) is 3.16. The molecule has 3 aromatic rings. The number of aryl methyl sites for hydroxylation is 2. The van der Waals surface area contributed by atoms with Gasteiger partial charge in [-0.3, -0.25) is 9.48 Å². The highest BCUT2D eigenvalue weighted by molar-refractivity contribution is 5.94. The Morgan fingerprint density at radius 2 is 2.00 bits per heavy atom. The molecule has 1 aliphatic carbocycles. The van der Waals surface area contributed by atoms with Gasteiger partial charge in [0.05, 0.1) is 25.0 Å². The van der Waals surface area contributed by atoms with Crippen LogP contribution in [0.2, 0.25) is 0 Å². The Labute approximate surface area is 173 Å². The molecule has 0 unspecified atom stereocenters. The van der Waals surface area contributed by atoms with E-state index in [0.717, 1.165) is 11.3 Å². The van der Waals surface area contributed by atoms with Crippen molar-refractivity contribution in [2.24, 2.45) is 0 Å². The van der Waals surface area contributed by atoms with Crippen molar-refractivity contribution < 1.29 is 13.9 Å². The third-order valence-electron chi connectivity index (χ3n) is 4.99. The van der Waals surface area contributed by atoms with Gasteiger partial charge in [0, 0.05) is 31.2 Å². The topological polar surface area (TPSA) is 94.0 Å². The van der Waals surface area contributed by atoms with Crippen LogP contribution in [0.15, 0.2) is 36.9 Å². The number of anilines is 2. The monoisotopic (exact) mass is 410 g/mol. The Balaban J connectivity index is 1.41. The first kappa shape index (κ1) is 19.8. The number of hydrogen-bond donors (Lipinski definition) is 2. The van der Waals surface area contributed by atoms with E-state index in [0.29, 0.717) is 36.0 Å². The van der Waals surface area contributed by atoms with Crippen LogP contribution in [0.1, 0.15) is 40.4 Å². The first-order valence-corrected chi connectivity index (χ1v) is 9.78. The molecule has 1 saturated carbocycles. The molecule has 0 radical (unpaired) electrons. The number of nitrogens with one attached hydrogen (secondary N) is 2. The zero-order valence-electron chi connectivity index (χ0n) is 16.9. The van der Waals surface area contributed by atoms with E-state index in [1.807, 2.05) is 10.9 Å². The highest BCUT2D eigenvalue weighted by Gasteiger charge is 2.24. The lowest BCUT2D eigenvalue weighted by molar-refractivity contribution is 0.0962. The highest BCUT2D eigenvalue weighted by atomic mass is 19.1. The zero-order chi connectivity index (χ0) is 21.1. The zero-order valence-corrected chi connectivity index (χ0v) is 16.9. The van der Waals surface area contributed by atoms with E-state index < -0.39 is 5.82 Å². The number of rotatable bonds is 8. The van der Waals surface area contributed by atoms with E-state index in [1.54, 1.807) is 24.7 Å². The molecular formula is C21H23FN6O2. The minimum Gasteiger partial charge on any atom is -0.494 e. The molecule has 2 heterocycles. The largest absolute Gasteiger partial charge is 0.494 e. The molecule has 1 fully saturated rings. The number of hydrogen-bond acceptors (Lipinski definition) is 6. The second kappa shape index (κ2) is 8.48. The van der Waals surface area contributed by atoms with Crippen LogP contribution in [0, 0.1) is 5.82 Å². The smallest absolute Gasteiger partial charge is 0.251 e. The highest BCUT2D eigenvalue weighted by Crippen LogP contribution is 2.34. The number of methoxy groups -OCH3 is 1. The predicted molar refractivity (Wildman–Crippen MR) is 110 cm³/mol. The van der Waals surface area contributed by atoms with Crippen molar-refractivity contribution in [1.29, 1.82) is 0 Å². The number of amides is 1. The first-order chi connectivity index (χ1) is 14.6. The number of halogens is 1. The number of nitrogens with zero attached hydrogens (tertiary/aromatic N) is 4. The molecule has 156 valence electrons. The van der Waals surface area contributed by atoms with Gasteiger partial charge in [-0.2, -0.15) is 5.10 Å². The van der Waals surface area contributed by atoms with Crippen molar-refractivity contribution in [3.05, 3.63) is 59.4 Å². The molecule has 30 heavy (non-hydrogen) atoms. The van der Waals surface area contributed by atoms with Gasteiger partial charge in [0.25, 0.3) is 5.91 Å². The molecule has 0 aliphatic heterocycles. The van der Waals surface area contributed by atoms with E-state index in [4.69, 9.17) is 4.74 Å². The van der Waals surface area contributed by atoms with E-state index in [9.17, 15) is 9.18 Å². The second-order valence-corrected chi connectivity index (χ2v) is 7.21. The summed E-state index contributed by atoms with van der Waals surface area (Å²) < 4.78 is 21.6. The van der Waals surface area contributed by atoms with Crippen LogP contribution < -0.4 is 15.4 Å². The summed E-state index contributed by atoms with van der Waals surface area (Å²) in [4.78, 5) is 20.6. The molecule has 1 aliphatic rings. The summed E-state index contributed by atoms with van der Waals surface area (Å²) >= 11 is 0. The quantitative estimate of drug-likeness (QED) is 0.593. The average Bonchev–Trinajstić information content (AvgIpc) is 3.52. The standard InChI is InChI=1S/C21H23FN6O2/c1-23-20(29)15-7-14(19(22)18(8-15)30-2)4-3-13-9-24-21(25-10-13)27-16-11-26-28(12-16)17-5-6-17/h7-12,17H,3-6H2,1-2H3,(H,23,29)(H,24,25,27). The van der Waals surface area contributed by atoms with Gasteiger partial charge >= 0.3 is 0 Å². The lowest BCUT2D eigenvalue weighted by Gasteiger charge is -2.11. The number of aromatic nitrogens is 4. The maximum atomic E-state index is 14.6. The van der Waals surface area contributed by atoms with Gasteiger partial charge in [-0.25, -0.2) is 14.4 Å². The van der Waals surface area contributed by atoms with Crippen molar-refractivity contribution in [1.82, 2.24) is 25.1 Å². The summed E-state index contributed by atoms with van der Waals surface area (Å²) in [5.74, 6) is -0.229. The molecular weight excluding hydrogens is 387 g/mol. The molecule has 0 bridgehead atoms. The Kier molecular flexibility index (Phi) is 5.60. The molecule has 1 aromatic carbocycles. The van der Waals surface area contributed by atoms with Crippen LogP contribution in [-0.4, -0.2) is 39.8 Å². The van der Waals surface area contributed by atoms with Crippen molar-refractivity contribution in [3.8, 4) is 5.75 Å². The van der Waals surface area contributed by atoms with Gasteiger partial charge in [-0.15, -0.1) is 0 Å². The fraction of sp³-hybridized carbons (Fsp3) is 0.333. The van der Waals surface area contributed by atoms with Gasteiger partial charge in [0.15, 0.2) is 11.6 Å². The second-order valence-electron chi connectivity index (χ2n) is 7.21. The minimum absolute atomic E-state index is 0.0497. The van der Waals surface area contributed by atoms with Crippen LogP contribution in [0.3, 0.4) is 0 Å². The SMILES string of the molecule is CNC(=O)c1cc(CCc2cnc(Nc3cnn(C4CC4)c3)nc2)c(F)c(OC)c1. The molecule has 0 spiro atoms. The van der Waals surface area contributed by atoms with Crippen LogP contribution in [0.25, 0.3) is 0 Å². The third kappa shape index (κ3) is 4.40. The summed E-state index contributed by atoms with van der Waals surface area (Å²) in [7, 11) is 2.91. The molecule has 1 amide bonds. The lowest BCUT2D eigenvalue weighted by Crippen LogP contribution is -2.18. The van der Waals surface area contributed by atoms with Crippen molar-refractivity contribution in [2.45, 2.75) is 31.7 Å². The van der Waals surface area contributed by atoms with Gasteiger partial charge < -0.3 is 15.4 Å². The van der Waals surface area contributed by atoms with E-state index in [2.05, 4.69) is 25.7 Å². The lowest BCUT2D eigenvalue weighted by atomic mass is 10.0. The predicted octanol–water partition coefficient (Wildman–Crippen LogP) is 3.04. The summed E-state index contributed by atoms with van der Waals surface area (Å²) in [6, 6.07) is 3.46. The van der Waals surface area contributed by atoms with Gasteiger partial charge in [-0.05, 0) is 48.9 Å². The molecule has 0 saturated heterocycles. The number of carbonyl (C=O) groups excluding carboxylic acids is 1. The maximum absolute atomic E-state index is 14.6. The molecule has 9 heteroatoms. The summed E-state index contributed by atoms with van der Waals surface area (Å²) in [5, 5.41) is 10.00.